The number of hydrogen-bond donors (Lipinski definition) is 0. The van der Waals surface area contributed by atoms with Gasteiger partial charge in [-0.3, -0.25) is 4.79 Å². The number of benzene rings is 2. The number of pyridine rings is 1. The average Bonchev–Trinajstić information content (AvgIpc) is 3.20. The third-order valence-electron chi connectivity index (χ3n) is 5.26. The molecule has 0 saturated carbocycles. The number of fused-ring (bicyclic) bond motifs is 1. The second-order valence-electron chi connectivity index (χ2n) is 7.86. The molecule has 0 atom stereocenters. The summed E-state index contributed by atoms with van der Waals surface area (Å²) in [5, 5.41) is 0. The third-order valence-corrected chi connectivity index (χ3v) is 5.26. The van der Waals surface area contributed by atoms with Crippen LogP contribution in [0.5, 0.6) is 11.5 Å². The highest BCUT2D eigenvalue weighted by molar-refractivity contribution is 5.94. The van der Waals surface area contributed by atoms with Gasteiger partial charge in [0.1, 0.15) is 30.4 Å². The number of likely N-dealkylation sites (N-methyl/N-ethyl adjacent to an activating group) is 1. The molecule has 2 heterocycles. The van der Waals surface area contributed by atoms with Crippen LogP contribution in [-0.4, -0.2) is 40.4 Å². The summed E-state index contributed by atoms with van der Waals surface area (Å²) >= 11 is 0. The van der Waals surface area contributed by atoms with Gasteiger partial charge in [0.05, 0.1) is 12.2 Å². The number of rotatable bonds is 8. The first-order chi connectivity index (χ1) is 15.5. The molecule has 4 aromatic rings. The van der Waals surface area contributed by atoms with Crippen molar-refractivity contribution in [1.82, 2.24) is 14.3 Å². The Bertz CT molecular complexity index is 1210. The van der Waals surface area contributed by atoms with Crippen LogP contribution in [0.1, 0.15) is 27.2 Å². The summed E-state index contributed by atoms with van der Waals surface area (Å²) in [6.45, 7) is 5.35. The van der Waals surface area contributed by atoms with E-state index >= 15 is 0 Å². The molecule has 0 N–H and O–H groups in total. The zero-order valence-corrected chi connectivity index (χ0v) is 18.6. The second-order valence-corrected chi connectivity index (χ2v) is 7.86. The van der Waals surface area contributed by atoms with E-state index in [0.717, 1.165) is 22.7 Å². The van der Waals surface area contributed by atoms with Gasteiger partial charge in [-0.05, 0) is 61.4 Å². The van der Waals surface area contributed by atoms with Gasteiger partial charge in [0.2, 0.25) is 0 Å². The van der Waals surface area contributed by atoms with Crippen LogP contribution in [0.3, 0.4) is 0 Å². The molecule has 32 heavy (non-hydrogen) atoms. The Morgan fingerprint density at radius 1 is 0.969 bits per heavy atom. The molecule has 0 bridgehead atoms. The average molecular weight is 430 g/mol. The molecule has 0 aliphatic heterocycles. The Hall–Kier alpha value is -3.80. The Kier molecular flexibility index (Phi) is 6.40. The lowest BCUT2D eigenvalue weighted by Gasteiger charge is -2.18. The smallest absolute Gasteiger partial charge is 0.253 e. The molecule has 0 fully saturated rings. The number of hydrogen-bond acceptors (Lipinski definition) is 4. The number of amides is 1. The highest BCUT2D eigenvalue weighted by atomic mass is 16.5. The van der Waals surface area contributed by atoms with Crippen molar-refractivity contribution in [3.63, 3.8) is 0 Å². The van der Waals surface area contributed by atoms with Crippen LogP contribution in [0.2, 0.25) is 0 Å². The van der Waals surface area contributed by atoms with Crippen LogP contribution < -0.4 is 9.47 Å². The second kappa shape index (κ2) is 9.56. The van der Waals surface area contributed by atoms with Crippen molar-refractivity contribution in [2.24, 2.45) is 0 Å². The minimum absolute atomic E-state index is 0.0549. The first-order valence-corrected chi connectivity index (χ1v) is 10.6. The van der Waals surface area contributed by atoms with Gasteiger partial charge in [0.25, 0.3) is 5.91 Å². The predicted molar refractivity (Wildman–Crippen MR) is 124 cm³/mol. The van der Waals surface area contributed by atoms with Gasteiger partial charge in [0, 0.05) is 25.0 Å². The monoisotopic (exact) mass is 429 g/mol. The Morgan fingerprint density at radius 3 is 2.53 bits per heavy atom. The SMILES string of the molecule is Cc1ccc2nc(COc3ccc(C(=O)N(C)CCOc4ccccc4C)cc3)cn2c1. The van der Waals surface area contributed by atoms with Gasteiger partial charge in [-0.2, -0.15) is 0 Å². The van der Waals surface area contributed by atoms with Crippen LogP contribution >= 0.6 is 0 Å². The molecule has 2 aromatic heterocycles. The lowest BCUT2D eigenvalue weighted by Crippen LogP contribution is -2.30. The molecule has 0 radical (unpaired) electrons. The van der Waals surface area contributed by atoms with Gasteiger partial charge >= 0.3 is 0 Å². The van der Waals surface area contributed by atoms with Crippen molar-refractivity contribution in [2.75, 3.05) is 20.2 Å². The predicted octanol–water partition coefficient (Wildman–Crippen LogP) is 4.68. The normalized spacial score (nSPS) is 10.8. The maximum atomic E-state index is 12.7. The topological polar surface area (TPSA) is 56.1 Å². The van der Waals surface area contributed by atoms with Crippen LogP contribution in [-0.2, 0) is 6.61 Å². The number of carbonyl (C=O) groups excluding carboxylic acids is 1. The van der Waals surface area contributed by atoms with Gasteiger partial charge in [-0.25, -0.2) is 4.98 Å². The van der Waals surface area contributed by atoms with Crippen LogP contribution in [0.15, 0.2) is 73.1 Å². The van der Waals surface area contributed by atoms with E-state index in [2.05, 4.69) is 4.98 Å². The zero-order chi connectivity index (χ0) is 22.5. The molecule has 6 nitrogen and oxygen atoms in total. The largest absolute Gasteiger partial charge is 0.491 e. The van der Waals surface area contributed by atoms with E-state index in [1.165, 1.54) is 5.56 Å². The molecular formula is C26H27N3O3. The molecule has 0 aliphatic carbocycles. The summed E-state index contributed by atoms with van der Waals surface area (Å²) in [6, 6.07) is 19.1. The summed E-state index contributed by atoms with van der Waals surface area (Å²) in [6.07, 6.45) is 4.00. The van der Waals surface area contributed by atoms with E-state index in [1.54, 1.807) is 24.1 Å². The molecule has 1 amide bonds. The Labute approximate surface area is 188 Å². The zero-order valence-electron chi connectivity index (χ0n) is 18.6. The fraction of sp³-hybridized carbons (Fsp3) is 0.231. The maximum Gasteiger partial charge on any atom is 0.253 e. The van der Waals surface area contributed by atoms with Gasteiger partial charge in [-0.1, -0.05) is 24.3 Å². The third kappa shape index (κ3) is 5.09. The highest BCUT2D eigenvalue weighted by Gasteiger charge is 2.12. The van der Waals surface area contributed by atoms with Crippen LogP contribution in [0.4, 0.5) is 0 Å². The molecule has 4 rings (SSSR count). The van der Waals surface area contributed by atoms with Crippen molar-refractivity contribution in [3.8, 4) is 11.5 Å². The molecule has 6 heteroatoms. The Morgan fingerprint density at radius 2 is 1.75 bits per heavy atom. The minimum atomic E-state index is -0.0549. The van der Waals surface area contributed by atoms with Gasteiger partial charge < -0.3 is 18.8 Å². The van der Waals surface area contributed by atoms with Crippen molar-refractivity contribution < 1.29 is 14.3 Å². The summed E-state index contributed by atoms with van der Waals surface area (Å²) in [5.74, 6) is 1.48. The lowest BCUT2D eigenvalue weighted by atomic mass is 10.2. The van der Waals surface area contributed by atoms with Gasteiger partial charge in [-0.15, -0.1) is 0 Å². The van der Waals surface area contributed by atoms with Crippen LogP contribution in [0, 0.1) is 13.8 Å². The van der Waals surface area contributed by atoms with Crippen molar-refractivity contribution in [1.29, 1.82) is 0 Å². The first-order valence-electron chi connectivity index (χ1n) is 10.6. The number of imidazole rings is 1. The van der Waals surface area contributed by atoms with E-state index in [4.69, 9.17) is 9.47 Å². The Balaban J connectivity index is 1.29. The van der Waals surface area contributed by atoms with Crippen molar-refractivity contribution in [2.45, 2.75) is 20.5 Å². The fourth-order valence-corrected chi connectivity index (χ4v) is 3.41. The van der Waals surface area contributed by atoms with Gasteiger partial charge in [0.15, 0.2) is 0 Å². The van der Waals surface area contributed by atoms with E-state index in [9.17, 15) is 4.79 Å². The summed E-state index contributed by atoms with van der Waals surface area (Å²) in [4.78, 5) is 18.9. The van der Waals surface area contributed by atoms with Crippen LogP contribution in [0.25, 0.3) is 5.65 Å². The summed E-state index contributed by atoms with van der Waals surface area (Å²) in [5.41, 5.74) is 4.61. The molecule has 0 aliphatic rings. The molecular weight excluding hydrogens is 402 g/mol. The highest BCUT2D eigenvalue weighted by Crippen LogP contribution is 2.17. The molecule has 0 spiro atoms. The molecule has 2 aromatic carbocycles. The number of aromatic nitrogens is 2. The summed E-state index contributed by atoms with van der Waals surface area (Å²) < 4.78 is 13.6. The van der Waals surface area contributed by atoms with E-state index in [1.807, 2.05) is 79.2 Å². The fourth-order valence-electron chi connectivity index (χ4n) is 3.41. The molecule has 0 unspecified atom stereocenters. The number of nitrogens with zero attached hydrogens (tertiary/aromatic N) is 3. The van der Waals surface area contributed by atoms with E-state index in [-0.39, 0.29) is 5.91 Å². The number of carbonyl (C=O) groups is 1. The first kappa shape index (κ1) is 21.4. The number of aryl methyl sites for hydroxylation is 2. The lowest BCUT2D eigenvalue weighted by molar-refractivity contribution is 0.0773. The standard InChI is InChI=1S/C26H27N3O3/c1-19-8-13-25-27-22(17-29(25)16-19)18-32-23-11-9-21(10-12-23)26(30)28(3)14-15-31-24-7-5-4-6-20(24)2/h4-13,16-17H,14-15,18H2,1-3H3. The number of para-hydroxylation sites is 1. The number of ether oxygens (including phenoxy) is 2. The summed E-state index contributed by atoms with van der Waals surface area (Å²) in [7, 11) is 1.78. The molecule has 0 saturated heterocycles. The van der Waals surface area contributed by atoms with E-state index < -0.39 is 0 Å². The molecule has 164 valence electrons. The van der Waals surface area contributed by atoms with Crippen molar-refractivity contribution in [3.05, 3.63) is 95.4 Å². The quantitative estimate of drug-likeness (QED) is 0.408. The van der Waals surface area contributed by atoms with Crippen molar-refractivity contribution >= 4 is 11.6 Å². The van der Waals surface area contributed by atoms with E-state index in [0.29, 0.717) is 31.1 Å². The minimum Gasteiger partial charge on any atom is -0.491 e. The maximum absolute atomic E-state index is 12.7.